The summed E-state index contributed by atoms with van der Waals surface area (Å²) < 4.78 is 17.7. The Balaban J connectivity index is 1.09. The molecule has 7 nitrogen and oxygen atoms in total. The molecule has 246 valence electrons. The van der Waals surface area contributed by atoms with Crippen LogP contribution in [-0.4, -0.2) is 28.8 Å². The van der Waals surface area contributed by atoms with E-state index >= 15 is 0 Å². The lowest BCUT2D eigenvalue weighted by atomic mass is 9.77. The van der Waals surface area contributed by atoms with E-state index in [0.29, 0.717) is 34.4 Å². The largest absolute Gasteiger partial charge is 0.508 e. The third kappa shape index (κ3) is 7.68. The van der Waals surface area contributed by atoms with Crippen molar-refractivity contribution in [2.75, 3.05) is 6.61 Å². The van der Waals surface area contributed by atoms with Crippen LogP contribution in [0.4, 0.5) is 0 Å². The van der Waals surface area contributed by atoms with Crippen molar-refractivity contribution in [2.45, 2.75) is 115 Å². The zero-order chi connectivity index (χ0) is 32.4. The van der Waals surface area contributed by atoms with Crippen LogP contribution in [-0.2, 0) is 15.1 Å². The van der Waals surface area contributed by atoms with Crippen LogP contribution < -0.4 is 4.74 Å². The fourth-order valence-electron chi connectivity index (χ4n) is 6.72. The van der Waals surface area contributed by atoms with Gasteiger partial charge in [-0.25, -0.2) is 9.59 Å². The summed E-state index contributed by atoms with van der Waals surface area (Å²) in [6.45, 7) is 2.61. The van der Waals surface area contributed by atoms with Gasteiger partial charge in [0.25, 0.3) is 0 Å². The first kappa shape index (κ1) is 33.4. The predicted molar refractivity (Wildman–Crippen MR) is 178 cm³/mol. The number of phenolic OH excluding ortho intramolecular Hbond substituents is 2. The van der Waals surface area contributed by atoms with Crippen molar-refractivity contribution in [3.8, 4) is 23.0 Å². The average Bonchev–Trinajstić information content (AvgIpc) is 3.33. The fraction of sp³-hybridized carbons (Fsp3) is 0.487. The van der Waals surface area contributed by atoms with Crippen LogP contribution in [0.5, 0.6) is 23.0 Å². The fourth-order valence-corrected chi connectivity index (χ4v) is 6.72. The number of rotatable bonds is 18. The van der Waals surface area contributed by atoms with E-state index in [4.69, 9.17) is 14.2 Å². The lowest BCUT2D eigenvalue weighted by Gasteiger charge is -2.36. The minimum atomic E-state index is -1.42. The molecular weight excluding hydrogens is 580 g/mol. The Bertz CT molecular complexity index is 1440. The van der Waals surface area contributed by atoms with Gasteiger partial charge < -0.3 is 24.4 Å². The maximum Gasteiger partial charge on any atom is 0.340 e. The van der Waals surface area contributed by atoms with Crippen molar-refractivity contribution in [3.63, 3.8) is 0 Å². The van der Waals surface area contributed by atoms with Crippen LogP contribution >= 0.6 is 0 Å². The van der Waals surface area contributed by atoms with Crippen molar-refractivity contribution < 1.29 is 34.0 Å². The van der Waals surface area contributed by atoms with E-state index in [-0.39, 0.29) is 23.0 Å². The van der Waals surface area contributed by atoms with Crippen molar-refractivity contribution >= 4 is 11.9 Å². The summed E-state index contributed by atoms with van der Waals surface area (Å²) in [5.74, 6) is -0.461. The van der Waals surface area contributed by atoms with E-state index in [1.807, 2.05) is 0 Å². The minimum Gasteiger partial charge on any atom is -0.508 e. The molecule has 3 aromatic carbocycles. The second-order valence-electron chi connectivity index (χ2n) is 12.7. The molecule has 2 heterocycles. The summed E-state index contributed by atoms with van der Waals surface area (Å²) in [6.07, 6.45) is 20.5. The number of hydrogen-bond donors (Lipinski definition) is 2. The third-order valence-electron chi connectivity index (χ3n) is 9.24. The van der Waals surface area contributed by atoms with Crippen LogP contribution in [0.3, 0.4) is 0 Å². The molecule has 0 aliphatic carbocycles. The molecule has 7 heteroatoms. The summed E-state index contributed by atoms with van der Waals surface area (Å²) in [5, 5.41) is 20.3. The lowest BCUT2D eigenvalue weighted by Crippen LogP contribution is -2.33. The van der Waals surface area contributed by atoms with E-state index in [2.05, 4.69) is 6.92 Å². The Morgan fingerprint density at radius 3 is 1.67 bits per heavy atom. The predicted octanol–water partition coefficient (Wildman–Crippen LogP) is 10.1. The molecule has 0 atom stereocenters. The van der Waals surface area contributed by atoms with Crippen LogP contribution in [0.2, 0.25) is 0 Å². The molecule has 1 spiro atoms. The van der Waals surface area contributed by atoms with Crippen molar-refractivity contribution in [1.29, 1.82) is 0 Å². The van der Waals surface area contributed by atoms with Crippen LogP contribution in [0.25, 0.3) is 0 Å². The second kappa shape index (κ2) is 16.0. The van der Waals surface area contributed by atoms with Gasteiger partial charge in [0.2, 0.25) is 0 Å². The van der Waals surface area contributed by atoms with Gasteiger partial charge in [-0.15, -0.1) is 0 Å². The van der Waals surface area contributed by atoms with Crippen LogP contribution in [0.1, 0.15) is 147 Å². The standard InChI is InChI=1S/C39H48O7/c1-2-3-4-5-6-7-8-9-10-11-12-13-14-15-16-17-24-44-37(42)28-18-21-31-34(25-28)39(46-38(31)43)32-22-19-29(40)26-35(32)45-36-27-30(41)20-23-33(36)39/h18-23,25-27,40-41H,2-17,24H2,1H3. The number of fused-ring (bicyclic) bond motifs is 6. The highest BCUT2D eigenvalue weighted by Crippen LogP contribution is 2.57. The summed E-state index contributed by atoms with van der Waals surface area (Å²) in [6, 6.07) is 14.0. The van der Waals surface area contributed by atoms with Gasteiger partial charge in [-0.1, -0.05) is 103 Å². The van der Waals surface area contributed by atoms with Crippen molar-refractivity contribution in [3.05, 3.63) is 82.4 Å². The number of carbonyl (C=O) groups excluding carboxylic acids is 2. The Hall–Kier alpha value is -4.00. The molecule has 0 unspecified atom stereocenters. The van der Waals surface area contributed by atoms with Gasteiger partial charge in [0, 0.05) is 28.8 Å². The molecule has 0 bridgehead atoms. The Labute approximate surface area is 272 Å². The third-order valence-corrected chi connectivity index (χ3v) is 9.24. The second-order valence-corrected chi connectivity index (χ2v) is 12.7. The van der Waals surface area contributed by atoms with Gasteiger partial charge in [-0.2, -0.15) is 0 Å². The molecule has 2 N–H and O–H groups in total. The van der Waals surface area contributed by atoms with E-state index in [1.54, 1.807) is 30.3 Å². The van der Waals surface area contributed by atoms with E-state index < -0.39 is 17.5 Å². The highest BCUT2D eigenvalue weighted by Gasteiger charge is 2.54. The first-order chi connectivity index (χ1) is 22.4. The normalized spacial score (nSPS) is 13.9. The molecular formula is C39H48O7. The number of carbonyl (C=O) groups is 2. The molecule has 0 amide bonds. The number of aromatic hydroxyl groups is 2. The van der Waals surface area contributed by atoms with E-state index in [1.165, 1.54) is 108 Å². The zero-order valence-electron chi connectivity index (χ0n) is 27.2. The monoisotopic (exact) mass is 628 g/mol. The zero-order valence-corrected chi connectivity index (χ0v) is 27.2. The van der Waals surface area contributed by atoms with Crippen molar-refractivity contribution in [1.82, 2.24) is 0 Å². The van der Waals surface area contributed by atoms with E-state index in [9.17, 15) is 19.8 Å². The Morgan fingerprint density at radius 2 is 1.15 bits per heavy atom. The average molecular weight is 629 g/mol. The summed E-state index contributed by atoms with van der Waals surface area (Å²) >= 11 is 0. The highest BCUT2D eigenvalue weighted by atomic mass is 16.6. The van der Waals surface area contributed by atoms with Crippen LogP contribution in [0.15, 0.2) is 54.6 Å². The first-order valence-electron chi connectivity index (χ1n) is 17.3. The number of phenols is 2. The number of ether oxygens (including phenoxy) is 3. The molecule has 0 aromatic heterocycles. The number of benzene rings is 3. The highest BCUT2D eigenvalue weighted by molar-refractivity contribution is 5.99. The molecule has 0 saturated heterocycles. The van der Waals surface area contributed by atoms with Crippen molar-refractivity contribution in [2.24, 2.45) is 0 Å². The maximum atomic E-state index is 13.1. The Kier molecular flexibility index (Phi) is 11.6. The SMILES string of the molecule is CCCCCCCCCCCCCCCCCCOC(=O)c1ccc2c(c1)C1(OC2=O)c2ccc(O)cc2Oc2cc(O)ccc21. The van der Waals surface area contributed by atoms with Gasteiger partial charge >= 0.3 is 11.9 Å². The summed E-state index contributed by atoms with van der Waals surface area (Å²) in [4.78, 5) is 26.2. The van der Waals surface area contributed by atoms with Gasteiger partial charge in [-0.3, -0.25) is 0 Å². The van der Waals surface area contributed by atoms with Crippen LogP contribution in [0, 0.1) is 0 Å². The molecule has 46 heavy (non-hydrogen) atoms. The van der Waals surface area contributed by atoms with Gasteiger partial charge in [-0.05, 0) is 48.9 Å². The van der Waals surface area contributed by atoms with E-state index in [0.717, 1.165) is 19.3 Å². The molecule has 5 rings (SSSR count). The molecule has 2 aliphatic heterocycles. The summed E-state index contributed by atoms with van der Waals surface area (Å²) in [5.41, 5.74) is 0.732. The molecule has 0 radical (unpaired) electrons. The quantitative estimate of drug-likeness (QED) is 0.107. The first-order valence-corrected chi connectivity index (χ1v) is 17.3. The smallest absolute Gasteiger partial charge is 0.340 e. The minimum absolute atomic E-state index is 0.0199. The topological polar surface area (TPSA) is 102 Å². The number of hydrogen-bond acceptors (Lipinski definition) is 7. The van der Waals surface area contributed by atoms with Gasteiger partial charge in [0.15, 0.2) is 5.60 Å². The number of unbranched alkanes of at least 4 members (excludes halogenated alkanes) is 15. The van der Waals surface area contributed by atoms with Gasteiger partial charge in [0.1, 0.15) is 23.0 Å². The summed E-state index contributed by atoms with van der Waals surface area (Å²) in [7, 11) is 0. The maximum absolute atomic E-state index is 13.1. The molecule has 0 saturated carbocycles. The number of esters is 2. The Morgan fingerprint density at radius 1 is 0.652 bits per heavy atom. The molecule has 2 aliphatic rings. The lowest BCUT2D eigenvalue weighted by molar-refractivity contribution is 0.0224. The molecule has 0 fully saturated rings. The van der Waals surface area contributed by atoms with Gasteiger partial charge in [0.05, 0.1) is 17.7 Å². The molecule has 3 aromatic rings.